The normalized spacial score (nSPS) is 47.3. The largest absolute Gasteiger partial charge is 0.459 e. The van der Waals surface area contributed by atoms with Crippen molar-refractivity contribution in [2.24, 2.45) is 58.3 Å². The highest BCUT2D eigenvalue weighted by atomic mass is 16.8. The third kappa shape index (κ3) is 20.3. The van der Waals surface area contributed by atoms with Gasteiger partial charge in [-0.25, -0.2) is 9.97 Å². The van der Waals surface area contributed by atoms with Gasteiger partial charge in [-0.2, -0.15) is 0 Å². The molecule has 3 spiro atoms. The van der Waals surface area contributed by atoms with Crippen LogP contribution in [0.15, 0.2) is 65.1 Å². The number of allylic oxidation sites excluding steroid dienone is 1. The number of aromatic nitrogens is 2. The van der Waals surface area contributed by atoms with Crippen LogP contribution in [0.1, 0.15) is 250 Å². The first kappa shape index (κ1) is 106. The molecule has 14 heterocycles. The Balaban J connectivity index is 0.000000197. The van der Waals surface area contributed by atoms with E-state index in [1.54, 1.807) is 65.4 Å². The first-order valence-electron chi connectivity index (χ1n) is 47.8. The van der Waals surface area contributed by atoms with E-state index in [2.05, 4.69) is 28.8 Å². The zero-order valence-electron chi connectivity index (χ0n) is 83.1. The van der Waals surface area contributed by atoms with Gasteiger partial charge in [-0.05, 0) is 214 Å². The standard InChI is InChI=1S/C32H49N3O8.C32H50N2O8.C30H49NO9.2C2H6/c1-10-23-30(6)16-21(27-33-12-11-13-34-27)32(42-30)17(2)15-31(7,43-32)26(19(4)24(36)20(5)28(38)40-23)41-29-25(37)22(35(8)9)14-18(3)39-29;1-10-24-30(6)16-21(22-12-11-13-33-22)32(41-30)17(2)15-31(7,42-32)27(19(4)25(35)20(5)28(37)39-24)40-29-26(36)23(34(8)9)14-18(3)38-29;1-11-22-28(7)14-20(19(6)32)30(39-28)15(2)13-29(8,40-30)25(17(4)23(33)18(5)26(35)37-22)38-27-24(34)21(31(9)10)12-16(3)36-27;2*1-2/h11-13,16-20,22-26,29,36-37H,10,14-15H2,1-9H3;11,13,16-20,23-27,29,35-36H,10,12,14-15H2,1-9H3;14-18,21-25,27,33-34H,11-13H2,1-10H3;2*1-2H3/t17-,18-,19+,20-,22+,23-,24+,25-,26-,29+,30?,31-,32?;17-,18-,19+,20-,23+,24-,25+,26-,27-,29+,30?,31-,32?;15-,16-,17+,18-,21+,22-,23+,24-,25-,27+,28?,29-,30?;;/m111../s1. The Labute approximate surface area is 767 Å². The molecule has 13 aliphatic heterocycles. The summed E-state index contributed by atoms with van der Waals surface area (Å²) in [5, 5.41) is 68.8. The van der Waals surface area contributed by atoms with Crippen molar-refractivity contribution >= 4 is 35.0 Å². The van der Waals surface area contributed by atoms with E-state index in [0.717, 1.165) is 11.3 Å². The van der Waals surface area contributed by atoms with E-state index < -0.39 is 197 Å². The number of hydrogen-bond donors (Lipinski definition) is 6. The van der Waals surface area contributed by atoms with E-state index >= 15 is 0 Å². The van der Waals surface area contributed by atoms with Crippen LogP contribution in [0.4, 0.5) is 0 Å². The number of fused-ring (bicyclic) bond motifs is 6. The number of likely N-dealkylation sites (N-methyl/N-ethyl adjacent to an activating group) is 3. The highest BCUT2D eigenvalue weighted by Gasteiger charge is 2.71. The van der Waals surface area contributed by atoms with Crippen molar-refractivity contribution in [3.8, 4) is 0 Å². The summed E-state index contributed by atoms with van der Waals surface area (Å²) < 4.78 is 98.3. The lowest BCUT2D eigenvalue weighted by molar-refractivity contribution is -0.327. The van der Waals surface area contributed by atoms with Crippen LogP contribution in [0, 0.1) is 53.3 Å². The summed E-state index contributed by atoms with van der Waals surface area (Å²) >= 11 is 0. The highest BCUT2D eigenvalue weighted by molar-refractivity contribution is 6.04. The first-order valence-corrected chi connectivity index (χ1v) is 47.8. The summed E-state index contributed by atoms with van der Waals surface area (Å²) in [7, 11) is 11.5. The number of carbonyl (C=O) groups is 4. The van der Waals surface area contributed by atoms with Gasteiger partial charge < -0.3 is 116 Å². The maximum absolute atomic E-state index is 13.5. The average molecular weight is 1820 g/mol. The molecule has 0 radical (unpaired) electrons. The van der Waals surface area contributed by atoms with Crippen molar-refractivity contribution < 1.29 is 121 Å². The number of nitrogens with zero attached hydrogens (tertiary/aromatic N) is 6. The summed E-state index contributed by atoms with van der Waals surface area (Å²) in [5.41, 5.74) is -3.47. The molecular weight excluding hydrogens is 1660 g/mol. The lowest BCUT2D eigenvalue weighted by Gasteiger charge is -2.47. The van der Waals surface area contributed by atoms with Crippen LogP contribution in [0.2, 0.25) is 0 Å². The number of carbonyl (C=O) groups excluding carboxylic acids is 4. The second-order valence-corrected chi connectivity index (χ2v) is 40.7. The molecule has 732 valence electrons. The molecule has 6 N–H and O–H groups in total. The van der Waals surface area contributed by atoms with Gasteiger partial charge in [0.1, 0.15) is 53.4 Å². The van der Waals surface area contributed by atoms with E-state index in [4.69, 9.17) is 71.1 Å². The molecule has 31 nitrogen and oxygen atoms in total. The maximum Gasteiger partial charge on any atom is 0.311 e. The van der Waals surface area contributed by atoms with Gasteiger partial charge >= 0.3 is 17.9 Å². The highest BCUT2D eigenvalue weighted by Crippen LogP contribution is 2.62. The van der Waals surface area contributed by atoms with Gasteiger partial charge in [0.25, 0.3) is 0 Å². The van der Waals surface area contributed by atoms with Gasteiger partial charge in [0.2, 0.25) is 17.4 Å². The second-order valence-electron chi connectivity index (χ2n) is 40.7. The molecule has 0 aliphatic carbocycles. The third-order valence-electron chi connectivity index (χ3n) is 29.9. The molecular formula is C98H160N6O25. The van der Waals surface area contributed by atoms with Crippen molar-refractivity contribution in [2.45, 2.75) is 424 Å². The molecule has 9 saturated heterocycles. The molecule has 9 fully saturated rings. The summed E-state index contributed by atoms with van der Waals surface area (Å²) in [6, 6.07) is 1.19. The molecule has 14 rings (SSSR count). The number of aliphatic hydroxyl groups is 6. The number of rotatable bonds is 15. The third-order valence-corrected chi connectivity index (χ3v) is 29.9. The van der Waals surface area contributed by atoms with Crippen LogP contribution in [-0.2, 0) is 90.2 Å². The molecule has 1 aromatic rings. The Morgan fingerprint density at radius 3 is 1.05 bits per heavy atom. The fraction of sp³-hybridized carbons (Fsp3) is 0.827. The van der Waals surface area contributed by atoms with Crippen molar-refractivity contribution in [1.29, 1.82) is 0 Å². The number of aliphatic hydroxyl groups excluding tert-OH is 6. The Kier molecular flexibility index (Phi) is 33.8. The number of esters is 3. The molecule has 9 bridgehead atoms. The zero-order chi connectivity index (χ0) is 96.2. The molecule has 0 aromatic carbocycles. The lowest BCUT2D eigenvalue weighted by atomic mass is 9.78. The molecule has 1 aromatic heterocycles. The van der Waals surface area contributed by atoms with Gasteiger partial charge in [0, 0.05) is 84.2 Å². The zero-order valence-corrected chi connectivity index (χ0v) is 83.1. The van der Waals surface area contributed by atoms with Crippen molar-refractivity contribution in [2.75, 3.05) is 42.3 Å². The summed E-state index contributed by atoms with van der Waals surface area (Å²) in [4.78, 5) is 73.1. The first-order chi connectivity index (χ1) is 60.3. The lowest BCUT2D eigenvalue weighted by Crippen LogP contribution is -2.59. The van der Waals surface area contributed by atoms with Crippen LogP contribution in [0.5, 0.6) is 0 Å². The van der Waals surface area contributed by atoms with Crippen LogP contribution >= 0.6 is 0 Å². The summed E-state index contributed by atoms with van der Waals surface area (Å²) in [6.45, 7) is 49.1. The summed E-state index contributed by atoms with van der Waals surface area (Å²) in [6.07, 6.45) is 4.36. The molecule has 13 aliphatic rings. The minimum atomic E-state index is -1.39. The van der Waals surface area contributed by atoms with E-state index in [0.29, 0.717) is 81.2 Å². The van der Waals surface area contributed by atoms with Crippen LogP contribution in [-0.4, -0.2) is 307 Å². The monoisotopic (exact) mass is 1820 g/mol. The van der Waals surface area contributed by atoms with E-state index in [1.807, 2.05) is 200 Å². The number of aliphatic imine (C=N–C) groups is 1. The van der Waals surface area contributed by atoms with Crippen molar-refractivity contribution in [3.05, 3.63) is 65.9 Å². The Morgan fingerprint density at radius 2 is 0.744 bits per heavy atom. The molecule has 129 heavy (non-hydrogen) atoms. The van der Waals surface area contributed by atoms with E-state index in [9.17, 15) is 49.8 Å². The topological polar surface area (TPSA) is 376 Å². The number of ether oxygens (including phenoxy) is 15. The van der Waals surface area contributed by atoms with E-state index in [1.165, 1.54) is 6.92 Å². The van der Waals surface area contributed by atoms with Crippen molar-refractivity contribution in [1.82, 2.24) is 24.7 Å². The minimum Gasteiger partial charge on any atom is -0.459 e. The number of ketones is 1. The summed E-state index contributed by atoms with van der Waals surface area (Å²) in [5.74, 6) is -10.2. The Bertz CT molecular complexity index is 4180. The molecule has 0 saturated carbocycles. The number of hydrogen-bond acceptors (Lipinski definition) is 31. The van der Waals surface area contributed by atoms with Crippen molar-refractivity contribution in [3.63, 3.8) is 0 Å². The van der Waals surface area contributed by atoms with Gasteiger partial charge in [0.05, 0.1) is 106 Å². The van der Waals surface area contributed by atoms with Gasteiger partial charge in [-0.15, -0.1) is 0 Å². The predicted octanol–water partition coefficient (Wildman–Crippen LogP) is 10.9. The van der Waals surface area contributed by atoms with Crippen LogP contribution < -0.4 is 0 Å². The molecule has 0 amide bonds. The van der Waals surface area contributed by atoms with E-state index in [-0.39, 0.29) is 60.0 Å². The fourth-order valence-electron chi connectivity index (χ4n) is 23.0. The quantitative estimate of drug-likeness (QED) is 0.0701. The number of cyclic esters (lactones) is 3. The maximum atomic E-state index is 13.5. The average Bonchev–Trinajstić information content (AvgIpc) is 1.55. The van der Waals surface area contributed by atoms with Crippen LogP contribution in [0.3, 0.4) is 0 Å². The Morgan fingerprint density at radius 1 is 0.442 bits per heavy atom. The molecule has 39 atom stereocenters. The van der Waals surface area contributed by atoms with Crippen LogP contribution in [0.25, 0.3) is 5.57 Å². The SMILES string of the molecule is CC.CC.CC[C@H]1OC(=O)[C@H](C)[C@@H](O)[C@H](C)[C@@H](O[C@@H]2O[C@H](C)C[C@H](N(C)C)[C@H]2O)[C@@]2(C)C[C@@H](C)C3(OC1(C)C=C3C(C)=O)O2.CC[C@H]1OC(=O)[C@H](C)[C@@H](O)[C@H](C)[C@@H](O[C@@H]2O[C@H](C)C[C@H](N(C)C)[C@H]2O)[C@@]2(C)C[C@@H](C)C3(OC1(C)C=C3C1=NC=CC1)O2.CC[C@H]1OC(=O)[C@H](C)[C@@H](O)[C@H](C)[C@@H](O[C@@H]2O[C@H](C)C[C@H](N(C)C)[C@H]2O)[C@@]2(C)C[C@@H](C)C3(OC1(C)C=C3c1ncccn1)O2. The minimum absolute atomic E-state index is 0.133. The Hall–Kier alpha value is -5.05. The molecule has 31 heteroatoms. The number of Topliss-reactive ketones (excluding diaryl/α,β-unsaturated/α-hetero) is 1. The van der Waals surface area contributed by atoms with Gasteiger partial charge in [-0.3, -0.25) is 24.2 Å². The second kappa shape index (κ2) is 41.1. The smallest absolute Gasteiger partial charge is 0.311 e. The molecule has 6 unspecified atom stereocenters. The van der Waals surface area contributed by atoms with Gasteiger partial charge in [-0.1, -0.05) is 96.1 Å². The van der Waals surface area contributed by atoms with Gasteiger partial charge in [0.15, 0.2) is 30.5 Å². The predicted molar refractivity (Wildman–Crippen MR) is 483 cm³/mol. The fourth-order valence-corrected chi connectivity index (χ4v) is 23.0.